The highest BCUT2D eigenvalue weighted by Crippen LogP contribution is 2.27. The molecule has 0 saturated heterocycles. The Morgan fingerprint density at radius 3 is 2.79 bits per heavy atom. The van der Waals surface area contributed by atoms with Crippen molar-refractivity contribution in [3.63, 3.8) is 0 Å². The molecule has 0 amide bonds. The third kappa shape index (κ3) is 2.72. The number of nitrogens with zero attached hydrogens (tertiary/aromatic N) is 1. The van der Waals surface area contributed by atoms with E-state index in [1.807, 2.05) is 13.8 Å². The number of hydrogen-bond acceptors (Lipinski definition) is 3. The van der Waals surface area contributed by atoms with Crippen molar-refractivity contribution in [2.24, 2.45) is 11.1 Å². The van der Waals surface area contributed by atoms with Crippen LogP contribution in [-0.2, 0) is 22.5 Å². The molecule has 1 aliphatic rings. The quantitative estimate of drug-likeness (QED) is 0.672. The molecule has 1 aromatic rings. The van der Waals surface area contributed by atoms with Crippen molar-refractivity contribution in [1.82, 2.24) is 4.98 Å². The minimum absolute atomic E-state index is 0.147. The third-order valence-electron chi connectivity index (χ3n) is 3.59. The lowest BCUT2D eigenvalue weighted by Gasteiger charge is -2.15. The summed E-state index contributed by atoms with van der Waals surface area (Å²) in [6.07, 6.45) is 3.94. The fourth-order valence-corrected chi connectivity index (χ4v) is 2.57. The zero-order valence-corrected chi connectivity index (χ0v) is 12.2. The van der Waals surface area contributed by atoms with E-state index in [-0.39, 0.29) is 11.9 Å². The Bertz CT molecular complexity index is 512. The number of aromatic nitrogens is 1. The predicted octanol–water partition coefficient (Wildman–Crippen LogP) is 3.13. The van der Waals surface area contributed by atoms with E-state index in [4.69, 9.17) is 4.84 Å². The van der Waals surface area contributed by atoms with Gasteiger partial charge in [-0.1, -0.05) is 25.9 Å². The maximum Gasteiger partial charge on any atom is 0.337 e. The van der Waals surface area contributed by atoms with Gasteiger partial charge in [0.15, 0.2) is 0 Å². The average molecular weight is 262 g/mol. The minimum Gasteiger partial charge on any atom is -0.362 e. The molecule has 2 rings (SSSR count). The summed E-state index contributed by atoms with van der Waals surface area (Å²) in [5.41, 5.74) is 5.84. The lowest BCUT2D eigenvalue weighted by Crippen LogP contribution is -2.15. The summed E-state index contributed by atoms with van der Waals surface area (Å²) in [7, 11) is 0. The van der Waals surface area contributed by atoms with Crippen molar-refractivity contribution >= 4 is 11.7 Å². The fourth-order valence-electron chi connectivity index (χ4n) is 2.57. The summed E-state index contributed by atoms with van der Waals surface area (Å²) in [5.74, 6) is -0.420. The molecular formula is C15H22N2O2. The molecule has 19 heavy (non-hydrogen) atoms. The molecule has 0 atom stereocenters. The number of H-pyrrole nitrogens is 1. The summed E-state index contributed by atoms with van der Waals surface area (Å²) in [6.45, 7) is 7.86. The number of oxime groups is 1. The Morgan fingerprint density at radius 2 is 2.16 bits per heavy atom. The highest BCUT2D eigenvalue weighted by molar-refractivity contribution is 6.04. The van der Waals surface area contributed by atoms with Crippen LogP contribution in [0.4, 0.5) is 0 Å². The summed E-state index contributed by atoms with van der Waals surface area (Å²) in [5, 5.41) is 4.11. The smallest absolute Gasteiger partial charge is 0.337 e. The molecule has 0 aromatic carbocycles. The van der Waals surface area contributed by atoms with Gasteiger partial charge in [-0.2, -0.15) is 0 Å². The van der Waals surface area contributed by atoms with Crippen LogP contribution in [0.5, 0.6) is 0 Å². The van der Waals surface area contributed by atoms with Crippen LogP contribution in [0.25, 0.3) is 0 Å². The van der Waals surface area contributed by atoms with Gasteiger partial charge in [0.2, 0.25) is 0 Å². The van der Waals surface area contributed by atoms with Crippen LogP contribution in [-0.4, -0.2) is 16.7 Å². The molecular weight excluding hydrogens is 240 g/mol. The van der Waals surface area contributed by atoms with Crippen LogP contribution >= 0.6 is 0 Å². The molecule has 1 N–H and O–H groups in total. The summed E-state index contributed by atoms with van der Waals surface area (Å²) in [4.78, 5) is 20.0. The predicted molar refractivity (Wildman–Crippen MR) is 75.3 cm³/mol. The largest absolute Gasteiger partial charge is 0.362 e. The number of rotatable bonds is 3. The maximum absolute atomic E-state index is 11.5. The van der Waals surface area contributed by atoms with Crippen molar-refractivity contribution in [2.75, 3.05) is 0 Å². The first kappa shape index (κ1) is 13.8. The molecule has 1 aromatic heterocycles. The molecule has 0 unspecified atom stereocenters. The van der Waals surface area contributed by atoms with Crippen molar-refractivity contribution in [2.45, 2.75) is 53.4 Å². The highest BCUT2D eigenvalue weighted by atomic mass is 16.7. The topological polar surface area (TPSA) is 54.4 Å². The van der Waals surface area contributed by atoms with E-state index in [2.05, 4.69) is 24.0 Å². The van der Waals surface area contributed by atoms with Gasteiger partial charge in [0.1, 0.15) is 0 Å². The number of carbonyl (C=O) groups excluding carboxylic acids is 1. The highest BCUT2D eigenvalue weighted by Gasteiger charge is 2.23. The van der Waals surface area contributed by atoms with Gasteiger partial charge in [-0.3, -0.25) is 0 Å². The first-order valence-electron chi connectivity index (χ1n) is 7.03. The molecule has 0 radical (unpaired) electrons. The van der Waals surface area contributed by atoms with E-state index < -0.39 is 0 Å². The van der Waals surface area contributed by atoms with Gasteiger partial charge in [0.25, 0.3) is 0 Å². The van der Waals surface area contributed by atoms with Gasteiger partial charge in [0.05, 0.1) is 11.6 Å². The first-order valence-corrected chi connectivity index (χ1v) is 7.03. The number of aryl methyl sites for hydroxylation is 2. The van der Waals surface area contributed by atoms with E-state index in [0.717, 1.165) is 31.4 Å². The van der Waals surface area contributed by atoms with Crippen LogP contribution < -0.4 is 0 Å². The Morgan fingerprint density at radius 1 is 1.42 bits per heavy atom. The van der Waals surface area contributed by atoms with Gasteiger partial charge in [-0.15, -0.1) is 0 Å². The van der Waals surface area contributed by atoms with Crippen LogP contribution in [0.2, 0.25) is 0 Å². The van der Waals surface area contributed by atoms with Crippen LogP contribution in [0.15, 0.2) is 5.16 Å². The zero-order valence-electron chi connectivity index (χ0n) is 12.2. The molecule has 1 heterocycles. The lowest BCUT2D eigenvalue weighted by molar-refractivity contribution is -0.147. The molecule has 0 fully saturated rings. The number of aromatic amines is 1. The molecule has 0 bridgehead atoms. The first-order chi connectivity index (χ1) is 9.04. The van der Waals surface area contributed by atoms with Crippen LogP contribution in [0.3, 0.4) is 0 Å². The standard InChI is InChI=1S/C15H22N2O2/c1-5-11-10(4)16-12-7-6-8-13(14(11)12)17-19-15(18)9(2)3/h9,16H,5-8H2,1-4H3. The minimum atomic E-state index is -0.273. The van der Waals surface area contributed by atoms with E-state index >= 15 is 0 Å². The van der Waals surface area contributed by atoms with Crippen molar-refractivity contribution in [1.29, 1.82) is 0 Å². The fraction of sp³-hybridized carbons (Fsp3) is 0.600. The molecule has 4 heteroatoms. The number of nitrogens with one attached hydrogen (secondary N) is 1. The third-order valence-corrected chi connectivity index (χ3v) is 3.59. The molecule has 0 saturated carbocycles. The summed E-state index contributed by atoms with van der Waals surface area (Å²) in [6, 6.07) is 0. The number of fused-ring (bicyclic) bond motifs is 1. The van der Waals surface area contributed by atoms with Gasteiger partial charge < -0.3 is 9.82 Å². The van der Waals surface area contributed by atoms with Crippen LogP contribution in [0.1, 0.15) is 56.1 Å². The Kier molecular flexibility index (Phi) is 4.08. The summed E-state index contributed by atoms with van der Waals surface area (Å²) < 4.78 is 0. The Hall–Kier alpha value is -1.58. The Labute approximate surface area is 114 Å². The monoisotopic (exact) mass is 262 g/mol. The van der Waals surface area contributed by atoms with Gasteiger partial charge >= 0.3 is 5.97 Å². The van der Waals surface area contributed by atoms with E-state index in [1.165, 1.54) is 22.5 Å². The van der Waals surface area contributed by atoms with Gasteiger partial charge in [0, 0.05) is 17.0 Å². The van der Waals surface area contributed by atoms with Crippen molar-refractivity contribution in [3.8, 4) is 0 Å². The molecule has 0 spiro atoms. The van der Waals surface area contributed by atoms with E-state index in [1.54, 1.807) is 0 Å². The van der Waals surface area contributed by atoms with Crippen LogP contribution in [0, 0.1) is 12.8 Å². The second-order valence-electron chi connectivity index (χ2n) is 5.39. The van der Waals surface area contributed by atoms with Gasteiger partial charge in [-0.25, -0.2) is 4.79 Å². The van der Waals surface area contributed by atoms with Crippen molar-refractivity contribution < 1.29 is 9.63 Å². The molecule has 104 valence electrons. The second kappa shape index (κ2) is 5.59. The molecule has 0 aliphatic heterocycles. The number of carbonyl (C=O) groups is 1. The second-order valence-corrected chi connectivity index (χ2v) is 5.39. The number of hydrogen-bond donors (Lipinski definition) is 1. The summed E-state index contributed by atoms with van der Waals surface area (Å²) >= 11 is 0. The molecule has 1 aliphatic carbocycles. The normalized spacial score (nSPS) is 16.8. The van der Waals surface area contributed by atoms with Gasteiger partial charge in [-0.05, 0) is 38.2 Å². The average Bonchev–Trinajstić information content (AvgIpc) is 2.71. The maximum atomic E-state index is 11.5. The SMILES string of the molecule is CCc1c(C)[nH]c2c1C(=NOC(=O)C(C)C)CCC2. The molecule has 4 nitrogen and oxygen atoms in total. The van der Waals surface area contributed by atoms with Crippen molar-refractivity contribution in [3.05, 3.63) is 22.5 Å². The zero-order chi connectivity index (χ0) is 14.0. The van der Waals surface area contributed by atoms with E-state index in [0.29, 0.717) is 0 Å². The Balaban J connectivity index is 2.31. The lowest BCUT2D eigenvalue weighted by atomic mass is 9.92. The van der Waals surface area contributed by atoms with E-state index in [9.17, 15) is 4.79 Å².